The van der Waals surface area contributed by atoms with Crippen molar-refractivity contribution in [2.45, 2.75) is 64.2 Å². The number of para-hydroxylation sites is 1. The zero-order valence-electron chi connectivity index (χ0n) is 21.3. The topological polar surface area (TPSA) is 111 Å². The van der Waals surface area contributed by atoms with Crippen molar-refractivity contribution in [3.63, 3.8) is 0 Å². The fourth-order valence-corrected chi connectivity index (χ4v) is 4.79. The molecule has 9 nitrogen and oxygen atoms in total. The molecule has 0 aliphatic carbocycles. The highest BCUT2D eigenvalue weighted by Gasteiger charge is 2.54. The maximum atomic E-state index is 13.1. The molecule has 0 aromatic heterocycles. The number of carbonyl (C=O) groups is 4. The van der Waals surface area contributed by atoms with Crippen LogP contribution in [-0.4, -0.2) is 63.6 Å². The van der Waals surface area contributed by atoms with Gasteiger partial charge in [-0.05, 0) is 65.3 Å². The number of nitrogens with zero attached hydrogens (tertiary/aromatic N) is 1. The van der Waals surface area contributed by atoms with Crippen molar-refractivity contribution in [2.75, 3.05) is 12.4 Å². The van der Waals surface area contributed by atoms with E-state index in [2.05, 4.69) is 5.32 Å². The van der Waals surface area contributed by atoms with E-state index >= 15 is 0 Å². The van der Waals surface area contributed by atoms with Crippen LogP contribution in [0.3, 0.4) is 0 Å². The number of allylic oxidation sites excluding steroid dienone is 1. The average molecular weight is 517 g/mol. The zero-order valence-corrected chi connectivity index (χ0v) is 22.1. The first-order valence-corrected chi connectivity index (χ1v) is 12.6. The van der Waals surface area contributed by atoms with E-state index in [9.17, 15) is 19.2 Å². The molecule has 2 aliphatic rings. The normalized spacial score (nSPS) is 19.9. The second kappa shape index (κ2) is 10.8. The first-order chi connectivity index (χ1) is 16.7. The third-order valence-corrected chi connectivity index (χ3v) is 6.15. The largest absolute Gasteiger partial charge is 0.484 e. The lowest BCUT2D eigenvalue weighted by Gasteiger charge is -2.49. The van der Waals surface area contributed by atoms with Crippen LogP contribution < -0.4 is 10.1 Å². The van der Waals surface area contributed by atoms with Crippen LogP contribution >= 0.6 is 11.8 Å². The number of benzene rings is 1. The molecule has 1 aromatic carbocycles. The first-order valence-electron chi connectivity index (χ1n) is 11.5. The SMILES string of the molecule is CC(C)(C)OC(=O)C=CC1=C(C(=O)OC(C)(C)C)N2C(=O)C(NC(=O)COc3ccccc3)[C@H]2SC1. The summed E-state index contributed by atoms with van der Waals surface area (Å²) in [4.78, 5) is 52.0. The molecule has 36 heavy (non-hydrogen) atoms. The van der Waals surface area contributed by atoms with Gasteiger partial charge in [-0.15, -0.1) is 11.8 Å². The number of hydrogen-bond donors (Lipinski definition) is 1. The number of hydrogen-bond acceptors (Lipinski definition) is 8. The number of nitrogens with one attached hydrogen (secondary N) is 1. The molecule has 1 aromatic rings. The second-order valence-corrected chi connectivity index (χ2v) is 11.4. The van der Waals surface area contributed by atoms with Crippen LogP contribution in [-0.2, 0) is 28.7 Å². The molecule has 194 valence electrons. The van der Waals surface area contributed by atoms with Gasteiger partial charge in [0.25, 0.3) is 11.8 Å². The minimum atomic E-state index is -0.810. The fraction of sp³-hybridized carbons (Fsp3) is 0.462. The van der Waals surface area contributed by atoms with Gasteiger partial charge < -0.3 is 19.5 Å². The van der Waals surface area contributed by atoms with Gasteiger partial charge in [-0.1, -0.05) is 18.2 Å². The van der Waals surface area contributed by atoms with Crippen LogP contribution in [0, 0.1) is 0 Å². The Morgan fingerprint density at radius 1 is 1.06 bits per heavy atom. The number of carbonyl (C=O) groups excluding carboxylic acids is 4. The quantitative estimate of drug-likeness (QED) is 0.335. The lowest BCUT2D eigenvalue weighted by molar-refractivity contribution is -0.159. The molecule has 0 bridgehead atoms. The summed E-state index contributed by atoms with van der Waals surface area (Å²) in [5, 5.41) is 2.20. The molecule has 0 radical (unpaired) electrons. The lowest BCUT2D eigenvalue weighted by atomic mass is 10.0. The summed E-state index contributed by atoms with van der Waals surface area (Å²) in [6, 6.07) is 8.06. The summed E-state index contributed by atoms with van der Waals surface area (Å²) in [7, 11) is 0. The summed E-state index contributed by atoms with van der Waals surface area (Å²) in [6.45, 7) is 10.2. The smallest absolute Gasteiger partial charge is 0.355 e. The van der Waals surface area contributed by atoms with E-state index in [-0.39, 0.29) is 12.3 Å². The Kier molecular flexibility index (Phi) is 8.18. The predicted octanol–water partition coefficient (Wildman–Crippen LogP) is 2.96. The number of β-lactam (4-membered cyclic amide) rings is 1. The van der Waals surface area contributed by atoms with E-state index in [0.717, 1.165) is 0 Å². The summed E-state index contributed by atoms with van der Waals surface area (Å²) in [6.07, 6.45) is 2.71. The summed E-state index contributed by atoms with van der Waals surface area (Å²) in [5.41, 5.74) is -0.939. The molecule has 1 fully saturated rings. The van der Waals surface area contributed by atoms with Crippen LogP contribution in [0.25, 0.3) is 0 Å². The van der Waals surface area contributed by atoms with Crippen LogP contribution in [0.4, 0.5) is 0 Å². The number of rotatable bonds is 7. The molecule has 0 spiro atoms. The van der Waals surface area contributed by atoms with Gasteiger partial charge in [-0.25, -0.2) is 9.59 Å². The van der Waals surface area contributed by atoms with Gasteiger partial charge in [0.15, 0.2) is 6.61 Å². The molecule has 2 amide bonds. The third-order valence-electron chi connectivity index (χ3n) is 4.85. The third kappa shape index (κ3) is 7.13. The zero-order chi connectivity index (χ0) is 26.7. The highest BCUT2D eigenvalue weighted by molar-refractivity contribution is 8.00. The van der Waals surface area contributed by atoms with E-state index in [1.165, 1.54) is 28.8 Å². The Morgan fingerprint density at radius 3 is 2.31 bits per heavy atom. The maximum Gasteiger partial charge on any atom is 0.355 e. The van der Waals surface area contributed by atoms with E-state index in [4.69, 9.17) is 14.2 Å². The highest BCUT2D eigenvalue weighted by atomic mass is 32.2. The molecule has 0 saturated carbocycles. The Balaban J connectivity index is 1.75. The van der Waals surface area contributed by atoms with Crippen molar-refractivity contribution in [1.29, 1.82) is 0 Å². The van der Waals surface area contributed by atoms with Gasteiger partial charge in [-0.2, -0.15) is 0 Å². The number of ether oxygens (including phenoxy) is 3. The Bertz CT molecular complexity index is 1080. The Labute approximate surface area is 215 Å². The number of thioether (sulfide) groups is 1. The van der Waals surface area contributed by atoms with E-state index < -0.39 is 46.4 Å². The molecule has 2 aliphatic heterocycles. The van der Waals surface area contributed by atoms with Crippen LogP contribution in [0.2, 0.25) is 0 Å². The molecule has 2 atom stereocenters. The second-order valence-electron chi connectivity index (χ2n) is 10.3. The van der Waals surface area contributed by atoms with Gasteiger partial charge in [0, 0.05) is 11.8 Å². The maximum absolute atomic E-state index is 13.1. The van der Waals surface area contributed by atoms with Crippen molar-refractivity contribution in [3.05, 3.63) is 53.8 Å². The monoisotopic (exact) mass is 516 g/mol. The van der Waals surface area contributed by atoms with Crippen molar-refractivity contribution >= 4 is 35.5 Å². The molecular weight excluding hydrogens is 484 g/mol. The lowest BCUT2D eigenvalue weighted by Crippen LogP contribution is -2.71. The summed E-state index contributed by atoms with van der Waals surface area (Å²) in [5.74, 6) is -1.26. The van der Waals surface area contributed by atoms with Gasteiger partial charge in [0.2, 0.25) is 0 Å². The Hall–Kier alpha value is -3.27. The van der Waals surface area contributed by atoms with Crippen molar-refractivity contribution < 1.29 is 33.4 Å². The predicted molar refractivity (Wildman–Crippen MR) is 135 cm³/mol. The van der Waals surface area contributed by atoms with Crippen molar-refractivity contribution in [2.24, 2.45) is 0 Å². The molecular formula is C26H32N2O7S. The van der Waals surface area contributed by atoms with Gasteiger partial charge in [0.05, 0.1) is 0 Å². The molecule has 3 rings (SSSR count). The van der Waals surface area contributed by atoms with Crippen LogP contribution in [0.15, 0.2) is 53.8 Å². The standard InChI is InChI=1S/C26H32N2O7S/c1-25(2,3)34-19(30)13-12-16-15-36-23-20(27-18(29)14-33-17-10-8-7-9-11-17)22(31)28(23)21(16)24(32)35-26(4,5)6/h7-13,20,23H,14-15H2,1-6H3,(H,27,29)/t20?,23-/m1/s1. The van der Waals surface area contributed by atoms with E-state index in [1.54, 1.807) is 65.8 Å². The average Bonchev–Trinajstić information content (AvgIpc) is 2.77. The fourth-order valence-electron chi connectivity index (χ4n) is 3.47. The number of fused-ring (bicyclic) bond motifs is 1. The molecule has 1 saturated heterocycles. The summed E-state index contributed by atoms with van der Waals surface area (Å²) < 4.78 is 16.3. The highest BCUT2D eigenvalue weighted by Crippen LogP contribution is 2.41. The van der Waals surface area contributed by atoms with Crippen LogP contribution in [0.1, 0.15) is 41.5 Å². The number of esters is 2. The minimum absolute atomic E-state index is 0.0597. The molecule has 10 heteroatoms. The minimum Gasteiger partial charge on any atom is -0.484 e. The molecule has 1 unspecified atom stereocenters. The van der Waals surface area contributed by atoms with Gasteiger partial charge >= 0.3 is 11.9 Å². The van der Waals surface area contributed by atoms with E-state index in [1.807, 2.05) is 6.07 Å². The Morgan fingerprint density at radius 2 is 1.69 bits per heavy atom. The van der Waals surface area contributed by atoms with Crippen molar-refractivity contribution in [1.82, 2.24) is 10.2 Å². The van der Waals surface area contributed by atoms with Gasteiger partial charge in [0.1, 0.15) is 34.1 Å². The first kappa shape index (κ1) is 27.3. The molecule has 2 heterocycles. The van der Waals surface area contributed by atoms with Crippen molar-refractivity contribution in [3.8, 4) is 5.75 Å². The summed E-state index contributed by atoms with van der Waals surface area (Å²) >= 11 is 1.37. The van der Waals surface area contributed by atoms with Gasteiger partial charge in [-0.3, -0.25) is 14.5 Å². The van der Waals surface area contributed by atoms with E-state index in [0.29, 0.717) is 17.1 Å². The van der Waals surface area contributed by atoms with Crippen LogP contribution in [0.5, 0.6) is 5.75 Å². The number of amides is 2. The molecule has 1 N–H and O–H groups in total.